The van der Waals surface area contributed by atoms with Gasteiger partial charge in [0.05, 0.1) is 13.1 Å². The predicted octanol–water partition coefficient (Wildman–Crippen LogP) is 1.44. The van der Waals surface area contributed by atoms with Crippen molar-refractivity contribution in [1.82, 2.24) is 30.1 Å². The van der Waals surface area contributed by atoms with Gasteiger partial charge in [-0.1, -0.05) is 36.4 Å². The van der Waals surface area contributed by atoms with E-state index >= 15 is 0 Å². The van der Waals surface area contributed by atoms with Crippen LogP contribution < -0.4 is 10.6 Å². The van der Waals surface area contributed by atoms with Crippen LogP contribution in [-0.4, -0.2) is 51.5 Å². The first-order valence-electron chi connectivity index (χ1n) is 9.26. The van der Waals surface area contributed by atoms with Gasteiger partial charge in [-0.3, -0.25) is 14.2 Å². The summed E-state index contributed by atoms with van der Waals surface area (Å²) in [7, 11) is 1.67. The van der Waals surface area contributed by atoms with Crippen molar-refractivity contribution in [3.63, 3.8) is 0 Å². The van der Waals surface area contributed by atoms with Gasteiger partial charge in [0.15, 0.2) is 17.4 Å². The lowest BCUT2D eigenvalue weighted by atomic mass is 10.2. The van der Waals surface area contributed by atoms with Crippen molar-refractivity contribution in [3.8, 4) is 0 Å². The molecule has 0 radical (unpaired) electrons. The second kappa shape index (κ2) is 9.50. The average molecular weight is 379 g/mol. The molecule has 1 aromatic carbocycles. The van der Waals surface area contributed by atoms with Crippen LogP contribution in [0.3, 0.4) is 0 Å². The topological polar surface area (TPSA) is 86.9 Å². The van der Waals surface area contributed by atoms with E-state index in [-0.39, 0.29) is 12.5 Å². The number of carbonyl (C=O) groups is 1. The number of fused-ring (bicyclic) bond motifs is 1. The normalized spacial score (nSPS) is 11.4. The maximum Gasteiger partial charge on any atom is 0.242 e. The van der Waals surface area contributed by atoms with Gasteiger partial charge in [0.25, 0.3) is 0 Å². The molecule has 2 aromatic heterocycles. The Morgan fingerprint density at radius 3 is 2.64 bits per heavy atom. The molecule has 3 aromatic rings. The predicted molar refractivity (Wildman–Crippen MR) is 109 cm³/mol. The molecule has 2 heterocycles. The molecule has 0 aliphatic heterocycles. The third-order valence-electron chi connectivity index (χ3n) is 4.38. The number of rotatable bonds is 7. The van der Waals surface area contributed by atoms with Gasteiger partial charge in [0.1, 0.15) is 0 Å². The lowest BCUT2D eigenvalue weighted by molar-refractivity contribution is -0.130. The largest absolute Gasteiger partial charge is 0.349 e. The Bertz CT molecular complexity index is 936. The number of pyridine rings is 1. The standard InChI is InChI=1S/C20H25N7O/c1-3-26(15-16-9-5-4-6-10-16)19(28)14-23-20(21-2)22-13-18-25-24-17-11-7-8-12-27(17)18/h4-12H,3,13-15H2,1-2H3,(H2,21,22,23). The molecule has 0 saturated heterocycles. The molecule has 0 atom stereocenters. The van der Waals surface area contributed by atoms with Crippen molar-refractivity contribution in [1.29, 1.82) is 0 Å². The fourth-order valence-corrected chi connectivity index (χ4v) is 2.85. The number of likely N-dealkylation sites (N-methyl/N-ethyl adjacent to an activating group) is 1. The van der Waals surface area contributed by atoms with Crippen LogP contribution in [0.4, 0.5) is 0 Å². The van der Waals surface area contributed by atoms with Crippen molar-refractivity contribution in [2.75, 3.05) is 20.1 Å². The maximum atomic E-state index is 12.6. The third-order valence-corrected chi connectivity index (χ3v) is 4.38. The fraction of sp³-hybridized carbons (Fsp3) is 0.300. The molecule has 28 heavy (non-hydrogen) atoms. The summed E-state index contributed by atoms with van der Waals surface area (Å²) in [6.45, 7) is 3.83. The van der Waals surface area contributed by atoms with Gasteiger partial charge >= 0.3 is 0 Å². The number of benzene rings is 1. The highest BCUT2D eigenvalue weighted by atomic mass is 16.2. The molecule has 2 N–H and O–H groups in total. The number of nitrogens with one attached hydrogen (secondary N) is 2. The summed E-state index contributed by atoms with van der Waals surface area (Å²) in [4.78, 5) is 18.5. The summed E-state index contributed by atoms with van der Waals surface area (Å²) < 4.78 is 1.91. The molecule has 0 aliphatic rings. The molecule has 8 heteroatoms. The molecule has 0 fully saturated rings. The van der Waals surface area contributed by atoms with E-state index in [1.807, 2.05) is 71.0 Å². The van der Waals surface area contributed by atoms with Gasteiger partial charge in [-0.2, -0.15) is 0 Å². The van der Waals surface area contributed by atoms with Crippen molar-refractivity contribution >= 4 is 17.5 Å². The zero-order valence-electron chi connectivity index (χ0n) is 16.2. The van der Waals surface area contributed by atoms with Crippen LogP contribution in [0, 0.1) is 0 Å². The van der Waals surface area contributed by atoms with Crippen LogP contribution in [0.15, 0.2) is 59.7 Å². The molecule has 0 spiro atoms. The second-order valence-electron chi connectivity index (χ2n) is 6.22. The summed E-state index contributed by atoms with van der Waals surface area (Å²) in [5, 5.41) is 14.5. The third kappa shape index (κ3) is 4.85. The Morgan fingerprint density at radius 1 is 1.11 bits per heavy atom. The number of nitrogens with zero attached hydrogens (tertiary/aromatic N) is 5. The Morgan fingerprint density at radius 2 is 1.89 bits per heavy atom. The monoisotopic (exact) mass is 379 g/mol. The molecular formula is C20H25N7O. The Kier molecular flexibility index (Phi) is 6.56. The summed E-state index contributed by atoms with van der Waals surface area (Å²) in [6, 6.07) is 15.7. The highest BCUT2D eigenvalue weighted by Gasteiger charge is 2.13. The minimum Gasteiger partial charge on any atom is -0.349 e. The first-order chi connectivity index (χ1) is 13.7. The van der Waals surface area contributed by atoms with E-state index in [4.69, 9.17) is 0 Å². The number of aromatic nitrogens is 3. The maximum absolute atomic E-state index is 12.6. The highest BCUT2D eigenvalue weighted by molar-refractivity contribution is 5.86. The molecule has 0 saturated carbocycles. The minimum atomic E-state index is 0.0160. The molecule has 146 valence electrons. The number of amides is 1. The molecule has 0 bridgehead atoms. The second-order valence-corrected chi connectivity index (χ2v) is 6.22. The lowest BCUT2D eigenvalue weighted by Gasteiger charge is -2.22. The lowest BCUT2D eigenvalue weighted by Crippen LogP contribution is -2.44. The molecule has 8 nitrogen and oxygen atoms in total. The van der Waals surface area contributed by atoms with Crippen LogP contribution >= 0.6 is 0 Å². The minimum absolute atomic E-state index is 0.0160. The zero-order chi connectivity index (χ0) is 19.8. The zero-order valence-corrected chi connectivity index (χ0v) is 16.2. The van der Waals surface area contributed by atoms with E-state index in [1.54, 1.807) is 7.05 Å². The number of hydrogen-bond donors (Lipinski definition) is 2. The van der Waals surface area contributed by atoms with Gasteiger partial charge in [0, 0.05) is 26.3 Å². The van der Waals surface area contributed by atoms with Gasteiger partial charge in [-0.25, -0.2) is 0 Å². The van der Waals surface area contributed by atoms with Crippen LogP contribution in [-0.2, 0) is 17.9 Å². The first kappa shape index (κ1) is 19.3. The van der Waals surface area contributed by atoms with E-state index in [0.717, 1.165) is 17.0 Å². The molecule has 0 unspecified atom stereocenters. The summed E-state index contributed by atoms with van der Waals surface area (Å²) >= 11 is 0. The van der Waals surface area contributed by atoms with Crippen molar-refractivity contribution in [3.05, 3.63) is 66.1 Å². The fourth-order valence-electron chi connectivity index (χ4n) is 2.85. The molecular weight excluding hydrogens is 354 g/mol. The smallest absolute Gasteiger partial charge is 0.242 e. The van der Waals surface area contributed by atoms with E-state index in [1.165, 1.54) is 0 Å². The van der Waals surface area contributed by atoms with Crippen LogP contribution in [0.1, 0.15) is 18.3 Å². The number of carbonyl (C=O) groups excluding carboxylic acids is 1. The van der Waals surface area contributed by atoms with E-state index < -0.39 is 0 Å². The van der Waals surface area contributed by atoms with Crippen LogP contribution in [0.5, 0.6) is 0 Å². The molecule has 0 aliphatic carbocycles. The van der Waals surface area contributed by atoms with E-state index in [0.29, 0.717) is 25.6 Å². The van der Waals surface area contributed by atoms with Crippen LogP contribution in [0.25, 0.3) is 5.65 Å². The summed E-state index contributed by atoms with van der Waals surface area (Å²) in [5.74, 6) is 1.32. The summed E-state index contributed by atoms with van der Waals surface area (Å²) in [6.07, 6.45) is 1.91. The van der Waals surface area contributed by atoms with Crippen molar-refractivity contribution < 1.29 is 4.79 Å². The van der Waals surface area contributed by atoms with E-state index in [2.05, 4.69) is 25.8 Å². The first-order valence-corrected chi connectivity index (χ1v) is 9.26. The van der Waals surface area contributed by atoms with Gasteiger partial charge in [0.2, 0.25) is 5.91 Å². The van der Waals surface area contributed by atoms with Crippen molar-refractivity contribution in [2.24, 2.45) is 4.99 Å². The Balaban J connectivity index is 1.52. The highest BCUT2D eigenvalue weighted by Crippen LogP contribution is 2.04. The van der Waals surface area contributed by atoms with Gasteiger partial charge in [-0.15, -0.1) is 10.2 Å². The summed E-state index contributed by atoms with van der Waals surface area (Å²) in [5.41, 5.74) is 1.90. The van der Waals surface area contributed by atoms with Crippen molar-refractivity contribution in [2.45, 2.75) is 20.0 Å². The number of hydrogen-bond acceptors (Lipinski definition) is 4. The van der Waals surface area contributed by atoms with Gasteiger partial charge in [-0.05, 0) is 24.6 Å². The van der Waals surface area contributed by atoms with Gasteiger partial charge < -0.3 is 15.5 Å². The molecule has 1 amide bonds. The molecule has 3 rings (SSSR count). The Labute approximate surface area is 164 Å². The Hall–Kier alpha value is -3.42. The SMILES string of the molecule is CCN(Cc1ccccc1)C(=O)CNC(=NC)NCc1nnc2ccccn12. The number of aliphatic imine (C=N–C) groups is 1. The average Bonchev–Trinajstić information content (AvgIpc) is 3.16. The quantitative estimate of drug-likeness (QED) is 0.479. The number of guanidine groups is 1. The van der Waals surface area contributed by atoms with E-state index in [9.17, 15) is 4.79 Å². The van der Waals surface area contributed by atoms with Crippen LogP contribution in [0.2, 0.25) is 0 Å².